The van der Waals surface area contributed by atoms with Crippen LogP contribution in [-0.2, 0) is 23.3 Å². The Kier molecular flexibility index (Phi) is 2.03. The summed E-state index contributed by atoms with van der Waals surface area (Å²) in [5.41, 5.74) is 1.83. The largest absolute Gasteiger partial charge is 0.376 e. The van der Waals surface area contributed by atoms with Gasteiger partial charge in [0.25, 0.3) is 5.56 Å². The maximum absolute atomic E-state index is 11.6. The molecule has 14 heavy (non-hydrogen) atoms. The summed E-state index contributed by atoms with van der Waals surface area (Å²) in [7, 11) is 0. The number of aromatic amines is 1. The molecular formula is C10H16N2O2. The Morgan fingerprint density at radius 3 is 2.79 bits per heavy atom. The van der Waals surface area contributed by atoms with Gasteiger partial charge in [-0.3, -0.25) is 14.6 Å². The molecule has 0 aromatic carbocycles. The summed E-state index contributed by atoms with van der Waals surface area (Å²) >= 11 is 0. The molecule has 2 rings (SSSR count). The van der Waals surface area contributed by atoms with E-state index in [1.807, 2.05) is 4.68 Å². The maximum Gasteiger partial charge on any atom is 0.269 e. The van der Waals surface area contributed by atoms with Crippen molar-refractivity contribution in [3.05, 3.63) is 21.6 Å². The summed E-state index contributed by atoms with van der Waals surface area (Å²) in [4.78, 5) is 11.6. The van der Waals surface area contributed by atoms with E-state index in [1.54, 1.807) is 0 Å². The van der Waals surface area contributed by atoms with E-state index in [4.69, 9.17) is 4.74 Å². The van der Waals surface area contributed by atoms with Crippen molar-refractivity contribution < 1.29 is 4.74 Å². The Bertz CT molecular complexity index is 395. The zero-order valence-corrected chi connectivity index (χ0v) is 8.89. The minimum absolute atomic E-state index is 0.00498. The molecule has 0 bridgehead atoms. The summed E-state index contributed by atoms with van der Waals surface area (Å²) in [6.07, 6.45) is 0.825. The molecule has 0 saturated heterocycles. The highest BCUT2D eigenvalue weighted by Crippen LogP contribution is 2.20. The van der Waals surface area contributed by atoms with Crippen molar-refractivity contribution in [2.75, 3.05) is 6.61 Å². The molecule has 78 valence electrons. The predicted molar refractivity (Wildman–Crippen MR) is 53.4 cm³/mol. The number of aromatic nitrogens is 2. The van der Waals surface area contributed by atoms with Crippen molar-refractivity contribution in [1.82, 2.24) is 9.78 Å². The van der Waals surface area contributed by atoms with Crippen LogP contribution in [0.25, 0.3) is 0 Å². The number of ether oxygens (including phenoxy) is 1. The molecule has 2 heterocycles. The van der Waals surface area contributed by atoms with E-state index >= 15 is 0 Å². The normalized spacial score (nSPS) is 16.8. The van der Waals surface area contributed by atoms with Crippen molar-refractivity contribution in [1.29, 1.82) is 0 Å². The molecule has 0 spiro atoms. The van der Waals surface area contributed by atoms with Crippen LogP contribution in [0.4, 0.5) is 0 Å². The summed E-state index contributed by atoms with van der Waals surface area (Å²) in [6.45, 7) is 7.41. The van der Waals surface area contributed by atoms with E-state index in [9.17, 15) is 4.79 Å². The molecule has 0 radical (unpaired) electrons. The minimum Gasteiger partial charge on any atom is -0.376 e. The topological polar surface area (TPSA) is 47.0 Å². The third-order valence-corrected chi connectivity index (χ3v) is 2.51. The maximum atomic E-state index is 11.6. The quantitative estimate of drug-likeness (QED) is 0.673. The van der Waals surface area contributed by atoms with E-state index in [0.29, 0.717) is 13.2 Å². The Morgan fingerprint density at radius 1 is 1.43 bits per heavy atom. The number of hydrogen-bond donors (Lipinski definition) is 1. The lowest BCUT2D eigenvalue weighted by Gasteiger charge is -2.25. The fraction of sp³-hybridized carbons (Fsp3) is 0.700. The fourth-order valence-electron chi connectivity index (χ4n) is 1.83. The number of nitrogens with zero attached hydrogens (tertiary/aromatic N) is 1. The van der Waals surface area contributed by atoms with Crippen LogP contribution in [0.3, 0.4) is 0 Å². The molecule has 0 saturated carbocycles. The van der Waals surface area contributed by atoms with Gasteiger partial charge in [-0.1, -0.05) is 0 Å². The van der Waals surface area contributed by atoms with Crippen LogP contribution in [0.15, 0.2) is 4.79 Å². The van der Waals surface area contributed by atoms with Crippen LogP contribution >= 0.6 is 0 Å². The smallest absolute Gasteiger partial charge is 0.269 e. The van der Waals surface area contributed by atoms with Gasteiger partial charge in [-0.25, -0.2) is 0 Å². The summed E-state index contributed by atoms with van der Waals surface area (Å²) in [5, 5.41) is 2.88. The third-order valence-electron chi connectivity index (χ3n) is 2.51. The highest BCUT2D eigenvalue weighted by Gasteiger charge is 2.24. The fourth-order valence-corrected chi connectivity index (χ4v) is 1.83. The SMILES string of the molecule is CC(C)(C)n1[nH]c(=O)c2c1CCOC2. The standard InChI is InChI=1S/C10H16N2O2/c1-10(2,3)12-8-4-5-14-6-7(8)9(13)11-12/h4-6H2,1-3H3,(H,11,13). The van der Waals surface area contributed by atoms with Gasteiger partial charge >= 0.3 is 0 Å². The number of hydrogen-bond acceptors (Lipinski definition) is 2. The molecule has 0 atom stereocenters. The summed E-state index contributed by atoms with van der Waals surface area (Å²) in [6, 6.07) is 0. The van der Waals surface area contributed by atoms with Gasteiger partial charge in [-0.15, -0.1) is 0 Å². The molecule has 1 aromatic heterocycles. The molecule has 0 amide bonds. The first-order valence-corrected chi connectivity index (χ1v) is 4.91. The average molecular weight is 196 g/mol. The zero-order chi connectivity index (χ0) is 10.3. The van der Waals surface area contributed by atoms with Crippen LogP contribution in [0.5, 0.6) is 0 Å². The van der Waals surface area contributed by atoms with Crippen molar-refractivity contribution in [3.8, 4) is 0 Å². The average Bonchev–Trinajstić information content (AvgIpc) is 2.44. The van der Waals surface area contributed by atoms with Crippen LogP contribution in [-0.4, -0.2) is 16.4 Å². The zero-order valence-electron chi connectivity index (χ0n) is 8.89. The minimum atomic E-state index is -0.0654. The van der Waals surface area contributed by atoms with E-state index in [1.165, 1.54) is 0 Å². The number of fused-ring (bicyclic) bond motifs is 1. The molecule has 0 fully saturated rings. The highest BCUT2D eigenvalue weighted by molar-refractivity contribution is 5.20. The van der Waals surface area contributed by atoms with Crippen LogP contribution in [0.1, 0.15) is 32.0 Å². The Hall–Kier alpha value is -1.03. The van der Waals surface area contributed by atoms with Crippen molar-refractivity contribution in [2.24, 2.45) is 0 Å². The van der Waals surface area contributed by atoms with Crippen molar-refractivity contribution >= 4 is 0 Å². The second-order valence-corrected chi connectivity index (χ2v) is 4.67. The van der Waals surface area contributed by atoms with Gasteiger partial charge in [0.2, 0.25) is 0 Å². The second kappa shape index (κ2) is 2.98. The Balaban J connectivity index is 2.58. The Labute approximate surface area is 82.9 Å². The molecule has 0 unspecified atom stereocenters. The third kappa shape index (κ3) is 1.39. The Morgan fingerprint density at radius 2 is 2.14 bits per heavy atom. The van der Waals surface area contributed by atoms with Crippen LogP contribution in [0.2, 0.25) is 0 Å². The van der Waals surface area contributed by atoms with E-state index in [-0.39, 0.29) is 11.1 Å². The molecule has 1 aliphatic heterocycles. The number of rotatable bonds is 0. The van der Waals surface area contributed by atoms with Crippen LogP contribution in [0, 0.1) is 0 Å². The van der Waals surface area contributed by atoms with Crippen molar-refractivity contribution in [3.63, 3.8) is 0 Å². The molecule has 4 heteroatoms. The van der Waals surface area contributed by atoms with E-state index in [0.717, 1.165) is 17.7 Å². The first-order valence-electron chi connectivity index (χ1n) is 4.91. The van der Waals surface area contributed by atoms with Gasteiger partial charge in [-0.2, -0.15) is 0 Å². The van der Waals surface area contributed by atoms with Gasteiger partial charge in [0, 0.05) is 12.1 Å². The van der Waals surface area contributed by atoms with Gasteiger partial charge in [-0.05, 0) is 20.8 Å². The molecule has 1 aliphatic rings. The molecule has 1 aromatic rings. The van der Waals surface area contributed by atoms with Gasteiger partial charge in [0.1, 0.15) is 0 Å². The first-order chi connectivity index (χ1) is 6.50. The highest BCUT2D eigenvalue weighted by atomic mass is 16.5. The summed E-state index contributed by atoms with van der Waals surface area (Å²) in [5.74, 6) is 0. The lowest BCUT2D eigenvalue weighted by molar-refractivity contribution is 0.106. The van der Waals surface area contributed by atoms with Gasteiger partial charge in [0.05, 0.1) is 24.3 Å². The van der Waals surface area contributed by atoms with E-state index < -0.39 is 0 Å². The number of nitrogens with one attached hydrogen (secondary N) is 1. The number of H-pyrrole nitrogens is 1. The molecule has 4 nitrogen and oxygen atoms in total. The molecule has 0 aliphatic carbocycles. The second-order valence-electron chi connectivity index (χ2n) is 4.67. The monoisotopic (exact) mass is 196 g/mol. The first kappa shape index (κ1) is 9.52. The van der Waals surface area contributed by atoms with Crippen molar-refractivity contribution in [2.45, 2.75) is 39.3 Å². The van der Waals surface area contributed by atoms with E-state index in [2.05, 4.69) is 25.9 Å². The molecular weight excluding hydrogens is 180 g/mol. The summed E-state index contributed by atoms with van der Waals surface area (Å²) < 4.78 is 7.23. The van der Waals surface area contributed by atoms with Crippen LogP contribution < -0.4 is 5.56 Å². The predicted octanol–water partition coefficient (Wildman–Crippen LogP) is 1.00. The van der Waals surface area contributed by atoms with Gasteiger partial charge < -0.3 is 4.74 Å². The van der Waals surface area contributed by atoms with Gasteiger partial charge in [0.15, 0.2) is 0 Å². The molecule has 1 N–H and O–H groups in total. The lowest BCUT2D eigenvalue weighted by Crippen LogP contribution is -2.27. The lowest BCUT2D eigenvalue weighted by atomic mass is 10.1.